The lowest BCUT2D eigenvalue weighted by Gasteiger charge is -2.30. The zero-order valence-corrected chi connectivity index (χ0v) is 15.7. The van der Waals surface area contributed by atoms with E-state index in [0.29, 0.717) is 24.4 Å². The molecule has 1 aromatic carbocycles. The molecule has 27 heavy (non-hydrogen) atoms. The number of methoxy groups -OCH3 is 1. The molecule has 7 nitrogen and oxygen atoms in total. The molecule has 1 aromatic rings. The van der Waals surface area contributed by atoms with Crippen molar-refractivity contribution in [2.24, 2.45) is 11.7 Å². The molecular weight excluding hydrogens is 346 g/mol. The summed E-state index contributed by atoms with van der Waals surface area (Å²) in [6.07, 6.45) is 6.63. The van der Waals surface area contributed by atoms with Gasteiger partial charge in [0.1, 0.15) is 11.8 Å². The van der Waals surface area contributed by atoms with Crippen LogP contribution in [0.4, 0.5) is 5.69 Å². The van der Waals surface area contributed by atoms with Crippen LogP contribution in [0, 0.1) is 5.92 Å². The number of nitrogens with one attached hydrogen (secondary N) is 1. The minimum Gasteiger partial charge on any atom is -0.495 e. The second-order valence-electron chi connectivity index (χ2n) is 7.29. The standard InChI is InChI=1S/C20H27N3O4/c1-27-17-10-9-14(18(21)24)12-15(17)22-19(25)16-8-5-11-23(16)20(26)13-6-3-2-4-7-13/h9-10,12-13,16H,2-8,11H2,1H3,(H2,21,24)(H,22,25)/t16-/m1/s1. The highest BCUT2D eigenvalue weighted by molar-refractivity contribution is 6.00. The predicted molar refractivity (Wildman–Crippen MR) is 101 cm³/mol. The lowest BCUT2D eigenvalue weighted by atomic mass is 9.88. The Bertz CT molecular complexity index is 728. The quantitative estimate of drug-likeness (QED) is 0.827. The molecule has 3 amide bonds. The number of primary amides is 1. The highest BCUT2D eigenvalue weighted by Crippen LogP contribution is 2.30. The summed E-state index contributed by atoms with van der Waals surface area (Å²) < 4.78 is 5.27. The number of anilines is 1. The predicted octanol–water partition coefficient (Wildman–Crippen LogP) is 2.30. The fourth-order valence-corrected chi connectivity index (χ4v) is 4.06. The van der Waals surface area contributed by atoms with Crippen molar-refractivity contribution >= 4 is 23.4 Å². The summed E-state index contributed by atoms with van der Waals surface area (Å²) >= 11 is 0. The lowest BCUT2D eigenvalue weighted by molar-refractivity contribution is -0.141. The number of carbonyl (C=O) groups excluding carboxylic acids is 3. The van der Waals surface area contributed by atoms with Gasteiger partial charge in [-0.1, -0.05) is 19.3 Å². The minimum atomic E-state index is -0.580. The van der Waals surface area contributed by atoms with E-state index < -0.39 is 11.9 Å². The maximum atomic E-state index is 12.9. The van der Waals surface area contributed by atoms with Crippen LogP contribution in [0.3, 0.4) is 0 Å². The van der Waals surface area contributed by atoms with Gasteiger partial charge in [0.2, 0.25) is 17.7 Å². The molecule has 0 spiro atoms. The van der Waals surface area contributed by atoms with Gasteiger partial charge in [-0.25, -0.2) is 0 Å². The Labute approximate surface area is 159 Å². The van der Waals surface area contributed by atoms with Crippen molar-refractivity contribution in [2.75, 3.05) is 19.0 Å². The van der Waals surface area contributed by atoms with Gasteiger partial charge >= 0.3 is 0 Å². The van der Waals surface area contributed by atoms with Crippen LogP contribution >= 0.6 is 0 Å². The largest absolute Gasteiger partial charge is 0.495 e. The lowest BCUT2D eigenvalue weighted by Crippen LogP contribution is -2.46. The summed E-state index contributed by atoms with van der Waals surface area (Å²) in [5.41, 5.74) is 6.00. The summed E-state index contributed by atoms with van der Waals surface area (Å²) in [5, 5.41) is 2.82. The van der Waals surface area contributed by atoms with Crippen LogP contribution in [0.15, 0.2) is 18.2 Å². The van der Waals surface area contributed by atoms with E-state index in [-0.39, 0.29) is 23.3 Å². The van der Waals surface area contributed by atoms with Crippen molar-refractivity contribution in [3.63, 3.8) is 0 Å². The average Bonchev–Trinajstić information content (AvgIpc) is 3.18. The number of nitrogens with two attached hydrogens (primary N) is 1. The number of hydrogen-bond donors (Lipinski definition) is 2. The van der Waals surface area contributed by atoms with Gasteiger partial charge in [0, 0.05) is 18.0 Å². The third-order valence-corrected chi connectivity index (χ3v) is 5.53. The monoisotopic (exact) mass is 373 g/mol. The smallest absolute Gasteiger partial charge is 0.248 e. The Morgan fingerprint density at radius 3 is 2.52 bits per heavy atom. The third-order valence-electron chi connectivity index (χ3n) is 5.53. The van der Waals surface area contributed by atoms with Crippen molar-refractivity contribution < 1.29 is 19.1 Å². The molecule has 7 heteroatoms. The molecule has 1 saturated heterocycles. The molecule has 1 atom stereocenters. The molecular formula is C20H27N3O4. The van der Waals surface area contributed by atoms with Gasteiger partial charge in [-0.05, 0) is 43.9 Å². The molecule has 2 aliphatic rings. The summed E-state index contributed by atoms with van der Waals surface area (Å²) in [6, 6.07) is 4.16. The Kier molecular flexibility index (Phi) is 5.98. The number of nitrogens with zero attached hydrogens (tertiary/aromatic N) is 1. The van der Waals surface area contributed by atoms with Crippen molar-refractivity contribution in [1.82, 2.24) is 4.90 Å². The van der Waals surface area contributed by atoms with Crippen LogP contribution in [0.25, 0.3) is 0 Å². The second-order valence-corrected chi connectivity index (χ2v) is 7.29. The van der Waals surface area contributed by atoms with E-state index in [1.54, 1.807) is 17.0 Å². The van der Waals surface area contributed by atoms with E-state index in [9.17, 15) is 14.4 Å². The van der Waals surface area contributed by atoms with Gasteiger partial charge in [-0.2, -0.15) is 0 Å². The van der Waals surface area contributed by atoms with E-state index in [1.807, 2.05) is 0 Å². The molecule has 0 radical (unpaired) electrons. The molecule has 3 N–H and O–H groups in total. The zero-order valence-electron chi connectivity index (χ0n) is 15.7. The number of ether oxygens (including phenoxy) is 1. The van der Waals surface area contributed by atoms with Crippen LogP contribution in [0.5, 0.6) is 5.75 Å². The molecule has 3 rings (SSSR count). The van der Waals surface area contributed by atoms with Gasteiger partial charge in [0.25, 0.3) is 0 Å². The second kappa shape index (κ2) is 8.41. The normalized spacial score (nSPS) is 20.3. The van der Waals surface area contributed by atoms with E-state index in [0.717, 1.165) is 32.1 Å². The van der Waals surface area contributed by atoms with Crippen molar-refractivity contribution in [3.05, 3.63) is 23.8 Å². The molecule has 0 aromatic heterocycles. The Morgan fingerprint density at radius 1 is 1.11 bits per heavy atom. The van der Waals surface area contributed by atoms with E-state index >= 15 is 0 Å². The van der Waals surface area contributed by atoms with E-state index in [4.69, 9.17) is 10.5 Å². The Balaban J connectivity index is 1.74. The first-order valence-electron chi connectivity index (χ1n) is 9.60. The van der Waals surface area contributed by atoms with Crippen LogP contribution < -0.4 is 15.8 Å². The first-order chi connectivity index (χ1) is 13.0. The third kappa shape index (κ3) is 4.23. The van der Waals surface area contributed by atoms with Crippen LogP contribution in [-0.2, 0) is 9.59 Å². The minimum absolute atomic E-state index is 0.0416. The summed E-state index contributed by atoms with van der Waals surface area (Å²) in [7, 11) is 1.49. The summed E-state index contributed by atoms with van der Waals surface area (Å²) in [4.78, 5) is 38.9. The molecule has 0 bridgehead atoms. The van der Waals surface area contributed by atoms with Crippen molar-refractivity contribution in [1.29, 1.82) is 0 Å². The maximum Gasteiger partial charge on any atom is 0.248 e. The van der Waals surface area contributed by atoms with Gasteiger partial charge in [0.05, 0.1) is 12.8 Å². The van der Waals surface area contributed by atoms with Gasteiger partial charge in [-0.15, -0.1) is 0 Å². The summed E-state index contributed by atoms with van der Waals surface area (Å²) in [5.74, 6) is -0.249. The number of likely N-dealkylation sites (tertiary alicyclic amines) is 1. The van der Waals surface area contributed by atoms with Gasteiger partial charge < -0.3 is 20.7 Å². The molecule has 2 fully saturated rings. The topological polar surface area (TPSA) is 102 Å². The average molecular weight is 373 g/mol. The Morgan fingerprint density at radius 2 is 1.85 bits per heavy atom. The van der Waals surface area contributed by atoms with Crippen molar-refractivity contribution in [3.8, 4) is 5.75 Å². The first kappa shape index (κ1) is 19.2. The zero-order chi connectivity index (χ0) is 19.4. The fraction of sp³-hybridized carbons (Fsp3) is 0.550. The van der Waals surface area contributed by atoms with Crippen molar-refractivity contribution in [2.45, 2.75) is 51.0 Å². The number of benzene rings is 1. The fourth-order valence-electron chi connectivity index (χ4n) is 4.06. The van der Waals surface area contributed by atoms with Gasteiger partial charge in [-0.3, -0.25) is 14.4 Å². The molecule has 1 heterocycles. The highest BCUT2D eigenvalue weighted by atomic mass is 16.5. The first-order valence-corrected chi connectivity index (χ1v) is 9.60. The molecule has 0 unspecified atom stereocenters. The number of hydrogen-bond acceptors (Lipinski definition) is 4. The van der Waals surface area contributed by atoms with Gasteiger partial charge in [0.15, 0.2) is 0 Å². The van der Waals surface area contributed by atoms with Crippen LogP contribution in [-0.4, -0.2) is 42.3 Å². The Hall–Kier alpha value is -2.57. The van der Waals surface area contributed by atoms with Crippen LogP contribution in [0.2, 0.25) is 0 Å². The summed E-state index contributed by atoms with van der Waals surface area (Å²) in [6.45, 7) is 0.617. The van der Waals surface area contributed by atoms with E-state index in [2.05, 4.69) is 5.32 Å². The van der Waals surface area contributed by atoms with Crippen LogP contribution in [0.1, 0.15) is 55.3 Å². The number of carbonyl (C=O) groups is 3. The molecule has 146 valence electrons. The number of amides is 3. The highest BCUT2D eigenvalue weighted by Gasteiger charge is 2.37. The number of rotatable bonds is 5. The molecule has 1 aliphatic heterocycles. The molecule has 1 saturated carbocycles. The molecule has 1 aliphatic carbocycles. The van der Waals surface area contributed by atoms with E-state index in [1.165, 1.54) is 19.6 Å². The maximum absolute atomic E-state index is 12.9. The SMILES string of the molecule is COc1ccc(C(N)=O)cc1NC(=O)[C@H]1CCCN1C(=O)C1CCCCC1.